The van der Waals surface area contributed by atoms with Crippen LogP contribution in [0.2, 0.25) is 0 Å². The molecule has 1 aromatic carbocycles. The van der Waals surface area contributed by atoms with Crippen molar-refractivity contribution >= 4 is 5.69 Å². The summed E-state index contributed by atoms with van der Waals surface area (Å²) in [7, 11) is 1.65. The molecular formula is C13H19NO2. The molecule has 1 unspecified atom stereocenters. The van der Waals surface area contributed by atoms with Crippen LogP contribution in [0.1, 0.15) is 24.8 Å². The fourth-order valence-corrected chi connectivity index (χ4v) is 2.16. The molecule has 3 nitrogen and oxygen atoms in total. The molecule has 3 heteroatoms. The van der Waals surface area contributed by atoms with E-state index in [1.54, 1.807) is 7.11 Å². The van der Waals surface area contributed by atoms with Crippen LogP contribution in [0.25, 0.3) is 0 Å². The monoisotopic (exact) mass is 221 g/mol. The van der Waals surface area contributed by atoms with Crippen LogP contribution in [0.5, 0.6) is 5.75 Å². The number of anilines is 1. The molecule has 1 aliphatic rings. The minimum Gasteiger partial charge on any atom is -0.495 e. The second-order valence-corrected chi connectivity index (χ2v) is 4.23. The molecule has 0 amide bonds. The molecule has 88 valence electrons. The molecule has 1 heterocycles. The summed E-state index contributed by atoms with van der Waals surface area (Å²) >= 11 is 0. The molecule has 0 saturated carbocycles. The first-order chi connectivity index (χ1) is 7.81. The summed E-state index contributed by atoms with van der Waals surface area (Å²) in [4.78, 5) is 0. The molecule has 1 atom stereocenters. The molecular weight excluding hydrogens is 202 g/mol. The van der Waals surface area contributed by atoms with Crippen LogP contribution >= 0.6 is 0 Å². The molecule has 1 aromatic rings. The predicted molar refractivity (Wildman–Crippen MR) is 64.7 cm³/mol. The lowest BCUT2D eigenvalue weighted by Gasteiger charge is -2.23. The second kappa shape index (κ2) is 5.21. The first kappa shape index (κ1) is 11.3. The minimum absolute atomic E-state index is 0.322. The van der Waals surface area contributed by atoms with Crippen molar-refractivity contribution in [1.82, 2.24) is 0 Å². The fourth-order valence-electron chi connectivity index (χ4n) is 2.16. The van der Waals surface area contributed by atoms with Gasteiger partial charge in [0.25, 0.3) is 0 Å². The van der Waals surface area contributed by atoms with Crippen molar-refractivity contribution in [2.24, 2.45) is 0 Å². The largest absolute Gasteiger partial charge is 0.495 e. The van der Waals surface area contributed by atoms with E-state index >= 15 is 0 Å². The summed E-state index contributed by atoms with van der Waals surface area (Å²) in [6.45, 7) is 0.883. The van der Waals surface area contributed by atoms with Gasteiger partial charge in [0.1, 0.15) is 5.75 Å². The highest BCUT2D eigenvalue weighted by Crippen LogP contribution is 2.27. The Bertz CT molecular complexity index is 346. The Morgan fingerprint density at radius 3 is 3.00 bits per heavy atom. The maximum Gasteiger partial charge on any atom is 0.142 e. The van der Waals surface area contributed by atoms with Crippen molar-refractivity contribution in [1.29, 1.82) is 0 Å². The van der Waals surface area contributed by atoms with Crippen LogP contribution < -0.4 is 10.5 Å². The standard InChI is InChI=1S/C13H19NO2/c1-15-12-7-4-5-10(13(12)14)9-11-6-2-3-8-16-11/h4-5,7,11H,2-3,6,8-9,14H2,1H3. The number of benzene rings is 1. The number of ether oxygens (including phenoxy) is 2. The maximum atomic E-state index is 6.03. The summed E-state index contributed by atoms with van der Waals surface area (Å²) < 4.78 is 10.9. The van der Waals surface area contributed by atoms with Crippen LogP contribution in [0, 0.1) is 0 Å². The van der Waals surface area contributed by atoms with Crippen molar-refractivity contribution < 1.29 is 9.47 Å². The van der Waals surface area contributed by atoms with E-state index in [-0.39, 0.29) is 0 Å². The third kappa shape index (κ3) is 2.47. The zero-order chi connectivity index (χ0) is 11.4. The van der Waals surface area contributed by atoms with Gasteiger partial charge in [-0.3, -0.25) is 0 Å². The predicted octanol–water partition coefficient (Wildman–Crippen LogP) is 2.39. The van der Waals surface area contributed by atoms with E-state index < -0.39 is 0 Å². The highest BCUT2D eigenvalue weighted by atomic mass is 16.5. The van der Waals surface area contributed by atoms with Crippen molar-refractivity contribution in [3.63, 3.8) is 0 Å². The minimum atomic E-state index is 0.322. The average molecular weight is 221 g/mol. The fraction of sp³-hybridized carbons (Fsp3) is 0.538. The lowest BCUT2D eigenvalue weighted by atomic mass is 10.00. The number of nitrogen functional groups attached to an aromatic ring is 1. The summed E-state index contributed by atoms with van der Waals surface area (Å²) in [5.41, 5.74) is 7.91. The second-order valence-electron chi connectivity index (χ2n) is 4.23. The van der Waals surface area contributed by atoms with Gasteiger partial charge in [-0.15, -0.1) is 0 Å². The van der Waals surface area contributed by atoms with E-state index in [1.165, 1.54) is 12.8 Å². The molecule has 2 N–H and O–H groups in total. The number of para-hydroxylation sites is 1. The van der Waals surface area contributed by atoms with Gasteiger partial charge in [0.15, 0.2) is 0 Å². The first-order valence-corrected chi connectivity index (χ1v) is 5.84. The van der Waals surface area contributed by atoms with E-state index in [0.717, 1.165) is 36.4 Å². The summed E-state index contributed by atoms with van der Waals surface area (Å²) in [6, 6.07) is 5.92. The van der Waals surface area contributed by atoms with Gasteiger partial charge in [-0.1, -0.05) is 12.1 Å². The molecule has 0 spiro atoms. The van der Waals surface area contributed by atoms with Crippen molar-refractivity contribution in [3.8, 4) is 5.75 Å². The highest BCUT2D eigenvalue weighted by Gasteiger charge is 2.16. The van der Waals surface area contributed by atoms with Gasteiger partial charge in [-0.05, 0) is 30.9 Å². The number of rotatable bonds is 3. The van der Waals surface area contributed by atoms with Crippen LogP contribution in [-0.2, 0) is 11.2 Å². The van der Waals surface area contributed by atoms with Gasteiger partial charge in [0.05, 0.1) is 18.9 Å². The average Bonchev–Trinajstić information content (AvgIpc) is 2.33. The zero-order valence-corrected chi connectivity index (χ0v) is 9.74. The molecule has 0 aliphatic carbocycles. The van der Waals surface area contributed by atoms with Crippen molar-refractivity contribution in [2.75, 3.05) is 19.5 Å². The molecule has 1 aliphatic heterocycles. The maximum absolute atomic E-state index is 6.03. The molecule has 16 heavy (non-hydrogen) atoms. The van der Waals surface area contributed by atoms with Gasteiger partial charge >= 0.3 is 0 Å². The Hall–Kier alpha value is -1.22. The molecule has 1 fully saturated rings. The van der Waals surface area contributed by atoms with Crippen LogP contribution in [0.3, 0.4) is 0 Å². The van der Waals surface area contributed by atoms with Crippen LogP contribution in [-0.4, -0.2) is 19.8 Å². The smallest absolute Gasteiger partial charge is 0.142 e. The van der Waals surface area contributed by atoms with Crippen molar-refractivity contribution in [2.45, 2.75) is 31.8 Å². The molecule has 0 bridgehead atoms. The Morgan fingerprint density at radius 2 is 2.31 bits per heavy atom. The number of hydrogen-bond donors (Lipinski definition) is 1. The topological polar surface area (TPSA) is 44.5 Å². The zero-order valence-electron chi connectivity index (χ0n) is 9.74. The van der Waals surface area contributed by atoms with E-state index in [2.05, 4.69) is 6.07 Å². The molecule has 0 aromatic heterocycles. The summed E-state index contributed by atoms with van der Waals surface area (Å²) in [6.07, 6.45) is 4.79. The Kier molecular flexibility index (Phi) is 3.67. The molecule has 1 saturated heterocycles. The Balaban J connectivity index is 2.08. The SMILES string of the molecule is COc1cccc(CC2CCCCO2)c1N. The Labute approximate surface area is 96.5 Å². The highest BCUT2D eigenvalue weighted by molar-refractivity contribution is 5.58. The number of nitrogens with two attached hydrogens (primary N) is 1. The Morgan fingerprint density at radius 1 is 1.44 bits per heavy atom. The van der Waals surface area contributed by atoms with Gasteiger partial charge in [0, 0.05) is 13.0 Å². The summed E-state index contributed by atoms with van der Waals surface area (Å²) in [5, 5.41) is 0. The van der Waals surface area contributed by atoms with Gasteiger partial charge < -0.3 is 15.2 Å². The molecule has 0 radical (unpaired) electrons. The van der Waals surface area contributed by atoms with E-state index in [0.29, 0.717) is 6.10 Å². The summed E-state index contributed by atoms with van der Waals surface area (Å²) in [5.74, 6) is 0.758. The normalized spacial score (nSPS) is 20.7. The number of hydrogen-bond acceptors (Lipinski definition) is 3. The number of methoxy groups -OCH3 is 1. The van der Waals surface area contributed by atoms with E-state index in [4.69, 9.17) is 15.2 Å². The molecule has 2 rings (SSSR count). The van der Waals surface area contributed by atoms with Crippen LogP contribution in [0.15, 0.2) is 18.2 Å². The lowest BCUT2D eigenvalue weighted by Crippen LogP contribution is -2.21. The third-order valence-corrected chi connectivity index (χ3v) is 3.10. The van der Waals surface area contributed by atoms with E-state index in [1.807, 2.05) is 12.1 Å². The van der Waals surface area contributed by atoms with Crippen LogP contribution in [0.4, 0.5) is 5.69 Å². The van der Waals surface area contributed by atoms with Gasteiger partial charge in [-0.2, -0.15) is 0 Å². The third-order valence-electron chi connectivity index (χ3n) is 3.10. The van der Waals surface area contributed by atoms with Gasteiger partial charge in [-0.25, -0.2) is 0 Å². The van der Waals surface area contributed by atoms with E-state index in [9.17, 15) is 0 Å². The quantitative estimate of drug-likeness (QED) is 0.797. The van der Waals surface area contributed by atoms with Gasteiger partial charge in [0.2, 0.25) is 0 Å². The van der Waals surface area contributed by atoms with Crippen molar-refractivity contribution in [3.05, 3.63) is 23.8 Å². The first-order valence-electron chi connectivity index (χ1n) is 5.84. The lowest BCUT2D eigenvalue weighted by molar-refractivity contribution is 0.0169.